The molecular formula is C20H28N4O2. The number of ether oxygens (including phenoxy) is 1. The Balaban J connectivity index is 1.68. The van der Waals surface area contributed by atoms with Gasteiger partial charge in [0.2, 0.25) is 0 Å². The molecule has 1 aromatic carbocycles. The second-order valence-corrected chi connectivity index (χ2v) is 7.22. The molecule has 0 radical (unpaired) electrons. The normalized spacial score (nSPS) is 16.9. The Morgan fingerprint density at radius 1 is 1.19 bits per heavy atom. The number of benzene rings is 1. The van der Waals surface area contributed by atoms with Crippen LogP contribution in [0.4, 0.5) is 5.88 Å². The Labute approximate surface area is 155 Å². The van der Waals surface area contributed by atoms with Crippen LogP contribution in [0.3, 0.4) is 0 Å². The van der Waals surface area contributed by atoms with Gasteiger partial charge in [-0.1, -0.05) is 50.2 Å². The van der Waals surface area contributed by atoms with E-state index in [1.807, 2.05) is 11.0 Å². The number of morpholine rings is 1. The number of guanidine groups is 1. The van der Waals surface area contributed by atoms with E-state index in [2.05, 4.69) is 55.2 Å². The van der Waals surface area contributed by atoms with Gasteiger partial charge in [-0.3, -0.25) is 0 Å². The highest BCUT2D eigenvalue weighted by atomic mass is 16.5. The molecule has 3 rings (SSSR count). The average molecular weight is 356 g/mol. The largest absolute Gasteiger partial charge is 0.378 e. The van der Waals surface area contributed by atoms with Gasteiger partial charge >= 0.3 is 0 Å². The molecule has 0 saturated carbocycles. The van der Waals surface area contributed by atoms with Crippen molar-refractivity contribution in [3.8, 4) is 0 Å². The van der Waals surface area contributed by atoms with E-state index in [0.29, 0.717) is 31.0 Å². The summed E-state index contributed by atoms with van der Waals surface area (Å²) in [7, 11) is 0. The van der Waals surface area contributed by atoms with E-state index in [0.717, 1.165) is 25.2 Å². The standard InChI is InChI=1S/C20H28N4O2/c1-14(2)12-16-4-6-17(7-5-16)15(3)18-13-19(26-23-18)22-20(21)24-8-10-25-11-9-24/h4-7,13-15H,8-12H2,1-3H3,(H2,21,22). The smallest absolute Gasteiger partial charge is 0.253 e. The van der Waals surface area contributed by atoms with Crippen molar-refractivity contribution in [1.82, 2.24) is 10.1 Å². The molecule has 1 atom stereocenters. The highest BCUT2D eigenvalue weighted by Gasteiger charge is 2.16. The van der Waals surface area contributed by atoms with E-state index in [-0.39, 0.29) is 5.92 Å². The third-order valence-corrected chi connectivity index (χ3v) is 4.64. The minimum absolute atomic E-state index is 0.139. The zero-order valence-corrected chi connectivity index (χ0v) is 15.8. The zero-order valence-electron chi connectivity index (χ0n) is 15.8. The third-order valence-electron chi connectivity index (χ3n) is 4.64. The molecule has 2 N–H and O–H groups in total. The molecule has 0 bridgehead atoms. The van der Waals surface area contributed by atoms with Crippen LogP contribution in [0.15, 0.2) is 39.8 Å². The number of aliphatic imine (C=N–C) groups is 1. The summed E-state index contributed by atoms with van der Waals surface area (Å²) in [6, 6.07) is 10.6. The molecule has 1 aromatic heterocycles. The lowest BCUT2D eigenvalue weighted by atomic mass is 9.95. The van der Waals surface area contributed by atoms with Crippen LogP contribution in [0.5, 0.6) is 0 Å². The van der Waals surface area contributed by atoms with Crippen LogP contribution >= 0.6 is 0 Å². The number of aromatic nitrogens is 1. The SMILES string of the molecule is CC(C)Cc1ccc(C(C)c2cc(N=C(N)N3CCOCC3)on2)cc1. The Morgan fingerprint density at radius 2 is 1.88 bits per heavy atom. The monoisotopic (exact) mass is 356 g/mol. The van der Waals surface area contributed by atoms with Crippen LogP contribution in [0, 0.1) is 5.92 Å². The van der Waals surface area contributed by atoms with Gasteiger partial charge in [-0.15, -0.1) is 0 Å². The molecule has 6 heteroatoms. The second kappa shape index (κ2) is 8.36. The first-order valence-electron chi connectivity index (χ1n) is 9.25. The molecule has 1 unspecified atom stereocenters. The Morgan fingerprint density at radius 3 is 2.54 bits per heavy atom. The van der Waals surface area contributed by atoms with Crippen molar-refractivity contribution in [2.24, 2.45) is 16.6 Å². The summed E-state index contributed by atoms with van der Waals surface area (Å²) in [5.74, 6) is 1.68. The van der Waals surface area contributed by atoms with Crippen molar-refractivity contribution in [2.75, 3.05) is 26.3 Å². The first-order valence-corrected chi connectivity index (χ1v) is 9.25. The molecule has 2 heterocycles. The summed E-state index contributed by atoms with van der Waals surface area (Å²) in [5.41, 5.74) is 9.49. The molecule has 140 valence electrons. The fourth-order valence-corrected chi connectivity index (χ4v) is 3.10. The summed E-state index contributed by atoms with van der Waals surface area (Å²) >= 11 is 0. The van der Waals surface area contributed by atoms with Crippen molar-refractivity contribution in [1.29, 1.82) is 0 Å². The van der Waals surface area contributed by atoms with Gasteiger partial charge < -0.3 is 19.9 Å². The highest BCUT2D eigenvalue weighted by molar-refractivity contribution is 5.80. The number of hydrogen-bond acceptors (Lipinski definition) is 4. The first-order chi connectivity index (χ1) is 12.5. The van der Waals surface area contributed by atoms with E-state index >= 15 is 0 Å². The maximum Gasteiger partial charge on any atom is 0.253 e. The summed E-state index contributed by atoms with van der Waals surface area (Å²) in [5, 5.41) is 4.18. The molecule has 1 saturated heterocycles. The van der Waals surface area contributed by atoms with Gasteiger partial charge in [0.05, 0.1) is 18.9 Å². The summed E-state index contributed by atoms with van der Waals surface area (Å²) in [6.07, 6.45) is 1.10. The van der Waals surface area contributed by atoms with Crippen LogP contribution in [-0.4, -0.2) is 42.3 Å². The van der Waals surface area contributed by atoms with E-state index in [9.17, 15) is 0 Å². The number of rotatable bonds is 5. The minimum atomic E-state index is 0.139. The van der Waals surface area contributed by atoms with E-state index in [1.165, 1.54) is 11.1 Å². The summed E-state index contributed by atoms with van der Waals surface area (Å²) in [4.78, 5) is 6.35. The molecule has 0 amide bonds. The summed E-state index contributed by atoms with van der Waals surface area (Å²) < 4.78 is 10.7. The maximum absolute atomic E-state index is 6.07. The molecule has 0 aliphatic carbocycles. The van der Waals surface area contributed by atoms with E-state index in [1.54, 1.807) is 0 Å². The molecule has 2 aromatic rings. The third kappa shape index (κ3) is 4.64. The van der Waals surface area contributed by atoms with Crippen molar-refractivity contribution in [2.45, 2.75) is 33.1 Å². The van der Waals surface area contributed by atoms with Crippen molar-refractivity contribution in [3.05, 3.63) is 47.2 Å². The minimum Gasteiger partial charge on any atom is -0.378 e. The second-order valence-electron chi connectivity index (χ2n) is 7.22. The van der Waals surface area contributed by atoms with Gasteiger partial charge in [0.15, 0.2) is 5.96 Å². The Hall–Kier alpha value is -2.34. The average Bonchev–Trinajstić information content (AvgIpc) is 3.10. The van der Waals surface area contributed by atoms with Gasteiger partial charge in [-0.25, -0.2) is 0 Å². The quantitative estimate of drug-likeness (QED) is 0.657. The van der Waals surface area contributed by atoms with Crippen LogP contribution in [0.1, 0.15) is 43.5 Å². The van der Waals surface area contributed by atoms with Gasteiger partial charge in [0.1, 0.15) is 0 Å². The lowest BCUT2D eigenvalue weighted by Gasteiger charge is -2.27. The highest BCUT2D eigenvalue weighted by Crippen LogP contribution is 2.27. The molecular weight excluding hydrogens is 328 g/mol. The molecule has 26 heavy (non-hydrogen) atoms. The van der Waals surface area contributed by atoms with Gasteiger partial charge in [0.25, 0.3) is 5.88 Å². The fourth-order valence-electron chi connectivity index (χ4n) is 3.10. The van der Waals surface area contributed by atoms with E-state index < -0.39 is 0 Å². The first kappa shape index (κ1) is 18.5. The summed E-state index contributed by atoms with van der Waals surface area (Å²) in [6.45, 7) is 9.41. The lowest BCUT2D eigenvalue weighted by Crippen LogP contribution is -2.44. The number of hydrogen-bond donors (Lipinski definition) is 1. The molecule has 1 fully saturated rings. The Bertz CT molecular complexity index is 731. The topological polar surface area (TPSA) is 76.9 Å². The van der Waals surface area contributed by atoms with Crippen molar-refractivity contribution < 1.29 is 9.26 Å². The molecule has 0 spiro atoms. The van der Waals surface area contributed by atoms with Crippen LogP contribution < -0.4 is 5.73 Å². The van der Waals surface area contributed by atoms with Gasteiger partial charge in [-0.2, -0.15) is 4.99 Å². The lowest BCUT2D eigenvalue weighted by molar-refractivity contribution is 0.0675. The van der Waals surface area contributed by atoms with Crippen LogP contribution in [0.25, 0.3) is 0 Å². The fraction of sp³-hybridized carbons (Fsp3) is 0.500. The predicted octanol–water partition coefficient (Wildman–Crippen LogP) is 3.30. The maximum atomic E-state index is 6.07. The van der Waals surface area contributed by atoms with Gasteiger partial charge in [0, 0.05) is 25.1 Å². The molecule has 6 nitrogen and oxygen atoms in total. The van der Waals surface area contributed by atoms with Crippen LogP contribution in [0.2, 0.25) is 0 Å². The van der Waals surface area contributed by atoms with Crippen molar-refractivity contribution in [3.63, 3.8) is 0 Å². The molecule has 1 aliphatic heterocycles. The van der Waals surface area contributed by atoms with Crippen LogP contribution in [-0.2, 0) is 11.2 Å². The Kier molecular flexibility index (Phi) is 5.93. The van der Waals surface area contributed by atoms with Crippen molar-refractivity contribution >= 4 is 11.8 Å². The predicted molar refractivity (Wildman–Crippen MR) is 103 cm³/mol. The van der Waals surface area contributed by atoms with E-state index in [4.69, 9.17) is 15.0 Å². The number of nitrogens with zero attached hydrogens (tertiary/aromatic N) is 3. The van der Waals surface area contributed by atoms with Gasteiger partial charge in [-0.05, 0) is 23.5 Å². The molecule has 1 aliphatic rings. The number of nitrogens with two attached hydrogens (primary N) is 1. The zero-order chi connectivity index (χ0) is 18.5.